The van der Waals surface area contributed by atoms with Crippen LogP contribution in [0.25, 0.3) is 0 Å². The first-order chi connectivity index (χ1) is 7.34. The topological polar surface area (TPSA) is 40.7 Å². The molecule has 0 aliphatic heterocycles. The van der Waals surface area contributed by atoms with Gasteiger partial charge in [0.05, 0.1) is 6.20 Å². The maximum absolute atomic E-state index is 3.95. The molecule has 84 valence electrons. The number of nitrogens with zero attached hydrogens (tertiary/aromatic N) is 1. The van der Waals surface area contributed by atoms with E-state index in [0.29, 0.717) is 6.04 Å². The van der Waals surface area contributed by atoms with Crippen molar-refractivity contribution in [1.82, 2.24) is 15.5 Å². The summed E-state index contributed by atoms with van der Waals surface area (Å²) in [5, 5.41) is 10.4. The Bertz CT molecular complexity index is 268. The number of rotatable bonds is 3. The maximum Gasteiger partial charge on any atom is 0.0532 e. The van der Waals surface area contributed by atoms with Crippen molar-refractivity contribution < 1.29 is 0 Å². The molecule has 1 fully saturated rings. The molecule has 0 radical (unpaired) electrons. The first kappa shape index (κ1) is 10.7. The molecule has 0 saturated heterocycles. The highest BCUT2D eigenvalue weighted by atomic mass is 15.1. The number of hydrogen-bond donors (Lipinski definition) is 2. The number of H-pyrrole nitrogens is 1. The zero-order valence-electron chi connectivity index (χ0n) is 9.50. The van der Waals surface area contributed by atoms with Gasteiger partial charge in [0.15, 0.2) is 0 Å². The van der Waals surface area contributed by atoms with Crippen LogP contribution in [0.15, 0.2) is 12.4 Å². The SMILES string of the molecule is CC1CCCC(NCc2cn[nH]c2)CC1. The quantitative estimate of drug-likeness (QED) is 0.747. The highest BCUT2D eigenvalue weighted by Crippen LogP contribution is 2.22. The molecule has 0 bridgehead atoms. The van der Waals surface area contributed by atoms with E-state index < -0.39 is 0 Å². The van der Waals surface area contributed by atoms with E-state index in [1.165, 1.54) is 37.7 Å². The summed E-state index contributed by atoms with van der Waals surface area (Å²) in [7, 11) is 0. The van der Waals surface area contributed by atoms with Gasteiger partial charge in [0.1, 0.15) is 0 Å². The standard InChI is InChI=1S/C12H21N3/c1-10-3-2-4-12(6-5-10)13-7-11-8-14-15-9-11/h8-10,12-13H,2-7H2,1H3,(H,14,15). The van der Waals surface area contributed by atoms with Crippen molar-refractivity contribution >= 4 is 0 Å². The minimum atomic E-state index is 0.713. The zero-order valence-corrected chi connectivity index (χ0v) is 9.50. The predicted molar refractivity (Wildman–Crippen MR) is 61.5 cm³/mol. The Hall–Kier alpha value is -0.830. The van der Waals surface area contributed by atoms with Crippen molar-refractivity contribution in [3.8, 4) is 0 Å². The van der Waals surface area contributed by atoms with Crippen LogP contribution in [0.2, 0.25) is 0 Å². The lowest BCUT2D eigenvalue weighted by Crippen LogP contribution is -2.27. The first-order valence-electron chi connectivity index (χ1n) is 6.05. The van der Waals surface area contributed by atoms with Gasteiger partial charge in [0, 0.05) is 24.3 Å². The molecule has 2 atom stereocenters. The molecule has 0 amide bonds. The smallest absolute Gasteiger partial charge is 0.0532 e. The molecule has 2 rings (SSSR count). The van der Waals surface area contributed by atoms with Gasteiger partial charge in [0.25, 0.3) is 0 Å². The second kappa shape index (κ2) is 5.31. The van der Waals surface area contributed by atoms with E-state index in [0.717, 1.165) is 12.5 Å². The van der Waals surface area contributed by atoms with Gasteiger partial charge < -0.3 is 5.32 Å². The minimum absolute atomic E-state index is 0.713. The van der Waals surface area contributed by atoms with Crippen LogP contribution in [-0.4, -0.2) is 16.2 Å². The van der Waals surface area contributed by atoms with Crippen LogP contribution in [0.5, 0.6) is 0 Å². The monoisotopic (exact) mass is 207 g/mol. The predicted octanol–water partition coefficient (Wildman–Crippen LogP) is 2.47. The van der Waals surface area contributed by atoms with E-state index in [9.17, 15) is 0 Å². The van der Waals surface area contributed by atoms with Gasteiger partial charge >= 0.3 is 0 Å². The summed E-state index contributed by atoms with van der Waals surface area (Å²) >= 11 is 0. The summed E-state index contributed by atoms with van der Waals surface area (Å²) in [5.74, 6) is 0.922. The molecule has 1 aromatic heterocycles. The second-order valence-electron chi connectivity index (χ2n) is 4.80. The van der Waals surface area contributed by atoms with Crippen LogP contribution in [0.1, 0.15) is 44.6 Å². The third kappa shape index (κ3) is 3.34. The Labute approximate surface area is 91.7 Å². The Kier molecular flexibility index (Phi) is 3.78. The Balaban J connectivity index is 1.74. The van der Waals surface area contributed by atoms with Crippen LogP contribution < -0.4 is 5.32 Å². The lowest BCUT2D eigenvalue weighted by Gasteiger charge is -2.15. The van der Waals surface area contributed by atoms with Crippen LogP contribution in [0.4, 0.5) is 0 Å². The van der Waals surface area contributed by atoms with E-state index in [1.54, 1.807) is 0 Å². The summed E-state index contributed by atoms with van der Waals surface area (Å²) in [6, 6.07) is 0.713. The van der Waals surface area contributed by atoms with E-state index in [4.69, 9.17) is 0 Å². The van der Waals surface area contributed by atoms with Crippen molar-refractivity contribution in [1.29, 1.82) is 0 Å². The Morgan fingerprint density at radius 2 is 2.33 bits per heavy atom. The zero-order chi connectivity index (χ0) is 10.5. The van der Waals surface area contributed by atoms with Crippen LogP contribution in [-0.2, 0) is 6.54 Å². The van der Waals surface area contributed by atoms with E-state index in [2.05, 4.69) is 22.4 Å². The molecule has 2 unspecified atom stereocenters. The summed E-state index contributed by atoms with van der Waals surface area (Å²) in [5.41, 5.74) is 1.26. The fourth-order valence-corrected chi connectivity index (χ4v) is 2.33. The highest BCUT2D eigenvalue weighted by Gasteiger charge is 2.15. The van der Waals surface area contributed by atoms with Crippen LogP contribution >= 0.6 is 0 Å². The molecule has 1 saturated carbocycles. The molecule has 15 heavy (non-hydrogen) atoms. The number of hydrogen-bond acceptors (Lipinski definition) is 2. The van der Waals surface area contributed by atoms with Crippen molar-refractivity contribution in [3.63, 3.8) is 0 Å². The number of aromatic nitrogens is 2. The van der Waals surface area contributed by atoms with E-state index >= 15 is 0 Å². The van der Waals surface area contributed by atoms with Gasteiger partial charge in [-0.3, -0.25) is 5.10 Å². The molecule has 0 aromatic carbocycles. The summed E-state index contributed by atoms with van der Waals surface area (Å²) in [4.78, 5) is 0. The summed E-state index contributed by atoms with van der Waals surface area (Å²) < 4.78 is 0. The van der Waals surface area contributed by atoms with Crippen LogP contribution in [0, 0.1) is 5.92 Å². The minimum Gasteiger partial charge on any atom is -0.310 e. The van der Waals surface area contributed by atoms with Crippen molar-refractivity contribution in [3.05, 3.63) is 18.0 Å². The molecule has 3 heteroatoms. The highest BCUT2D eigenvalue weighted by molar-refractivity contribution is 5.01. The molecule has 1 aliphatic rings. The lowest BCUT2D eigenvalue weighted by atomic mass is 10.0. The van der Waals surface area contributed by atoms with Crippen LogP contribution in [0.3, 0.4) is 0 Å². The number of aromatic amines is 1. The molecular formula is C12H21N3. The van der Waals surface area contributed by atoms with Gasteiger partial charge in [-0.25, -0.2) is 0 Å². The van der Waals surface area contributed by atoms with Gasteiger partial charge in [-0.1, -0.05) is 19.8 Å². The molecule has 1 aromatic rings. The molecule has 1 heterocycles. The van der Waals surface area contributed by atoms with E-state index in [-0.39, 0.29) is 0 Å². The van der Waals surface area contributed by atoms with Gasteiger partial charge in [-0.05, 0) is 25.2 Å². The van der Waals surface area contributed by atoms with Crippen molar-refractivity contribution in [2.24, 2.45) is 5.92 Å². The van der Waals surface area contributed by atoms with E-state index in [1.807, 2.05) is 12.4 Å². The molecule has 1 aliphatic carbocycles. The second-order valence-corrected chi connectivity index (χ2v) is 4.80. The normalized spacial score (nSPS) is 27.5. The molecular weight excluding hydrogens is 186 g/mol. The van der Waals surface area contributed by atoms with Gasteiger partial charge in [0.2, 0.25) is 0 Å². The third-order valence-electron chi connectivity index (χ3n) is 3.41. The largest absolute Gasteiger partial charge is 0.310 e. The number of nitrogens with one attached hydrogen (secondary N) is 2. The lowest BCUT2D eigenvalue weighted by molar-refractivity contribution is 0.447. The van der Waals surface area contributed by atoms with Gasteiger partial charge in [-0.2, -0.15) is 5.10 Å². The fraction of sp³-hybridized carbons (Fsp3) is 0.750. The Morgan fingerprint density at radius 1 is 1.40 bits per heavy atom. The first-order valence-corrected chi connectivity index (χ1v) is 6.05. The van der Waals surface area contributed by atoms with Gasteiger partial charge in [-0.15, -0.1) is 0 Å². The molecule has 0 spiro atoms. The average molecular weight is 207 g/mol. The summed E-state index contributed by atoms with van der Waals surface area (Å²) in [6.07, 6.45) is 10.7. The molecule has 2 N–H and O–H groups in total. The average Bonchev–Trinajstić information content (AvgIpc) is 2.66. The molecule has 3 nitrogen and oxygen atoms in total. The maximum atomic E-state index is 3.95. The summed E-state index contributed by atoms with van der Waals surface area (Å²) in [6.45, 7) is 3.33. The van der Waals surface area contributed by atoms with Crippen molar-refractivity contribution in [2.75, 3.05) is 0 Å². The van der Waals surface area contributed by atoms with Crippen molar-refractivity contribution in [2.45, 2.75) is 51.6 Å². The fourth-order valence-electron chi connectivity index (χ4n) is 2.33. The third-order valence-corrected chi connectivity index (χ3v) is 3.41. The Morgan fingerprint density at radius 3 is 3.13 bits per heavy atom.